The summed E-state index contributed by atoms with van der Waals surface area (Å²) in [6, 6.07) is 5.89. The van der Waals surface area contributed by atoms with E-state index in [0.29, 0.717) is 12.2 Å². The van der Waals surface area contributed by atoms with Crippen molar-refractivity contribution < 1.29 is 9.53 Å². The number of carbonyl (C=O) groups excluding carboxylic acids is 1. The summed E-state index contributed by atoms with van der Waals surface area (Å²) in [7, 11) is 0. The Morgan fingerprint density at radius 3 is 2.87 bits per heavy atom. The molecule has 3 rings (SSSR count). The lowest BCUT2D eigenvalue weighted by atomic mass is 9.85. The van der Waals surface area contributed by atoms with Gasteiger partial charge in [-0.1, -0.05) is 6.07 Å². The van der Waals surface area contributed by atoms with Gasteiger partial charge in [0.05, 0.1) is 18.5 Å². The SMILES string of the molecule is CCOC(=O)c1ccc2c(c1)C(C)=C(Cn1ccnc1)CC2.Cl. The topological polar surface area (TPSA) is 44.1 Å². The Morgan fingerprint density at radius 1 is 1.35 bits per heavy atom. The molecule has 23 heavy (non-hydrogen) atoms. The molecule has 4 nitrogen and oxygen atoms in total. The van der Waals surface area contributed by atoms with Gasteiger partial charge >= 0.3 is 5.97 Å². The molecule has 122 valence electrons. The summed E-state index contributed by atoms with van der Waals surface area (Å²) < 4.78 is 7.18. The van der Waals surface area contributed by atoms with Crippen LogP contribution in [-0.4, -0.2) is 22.1 Å². The Bertz CT molecular complexity index is 721. The fourth-order valence-electron chi connectivity index (χ4n) is 2.95. The Labute approximate surface area is 142 Å². The van der Waals surface area contributed by atoms with E-state index in [-0.39, 0.29) is 18.4 Å². The molecule has 5 heteroatoms. The van der Waals surface area contributed by atoms with E-state index in [1.54, 1.807) is 6.20 Å². The number of hydrogen-bond acceptors (Lipinski definition) is 3. The summed E-state index contributed by atoms with van der Waals surface area (Å²) in [5.41, 5.74) is 5.77. The van der Waals surface area contributed by atoms with E-state index in [1.165, 1.54) is 22.3 Å². The summed E-state index contributed by atoms with van der Waals surface area (Å²) >= 11 is 0. The molecule has 0 radical (unpaired) electrons. The summed E-state index contributed by atoms with van der Waals surface area (Å²) in [6.07, 6.45) is 7.68. The first-order valence-electron chi connectivity index (χ1n) is 7.64. The quantitative estimate of drug-likeness (QED) is 0.797. The van der Waals surface area contributed by atoms with Crippen LogP contribution < -0.4 is 0 Å². The average Bonchev–Trinajstić information content (AvgIpc) is 3.03. The van der Waals surface area contributed by atoms with Crippen LogP contribution in [0.4, 0.5) is 0 Å². The van der Waals surface area contributed by atoms with Gasteiger partial charge in [-0.25, -0.2) is 9.78 Å². The number of rotatable bonds is 4. The maximum absolute atomic E-state index is 11.9. The summed E-state index contributed by atoms with van der Waals surface area (Å²) in [5, 5.41) is 0. The number of aryl methyl sites for hydroxylation is 1. The lowest BCUT2D eigenvalue weighted by Crippen LogP contribution is -2.11. The van der Waals surface area contributed by atoms with Gasteiger partial charge in [0, 0.05) is 18.9 Å². The molecule has 0 N–H and O–H groups in total. The number of hydrogen-bond donors (Lipinski definition) is 0. The highest BCUT2D eigenvalue weighted by Crippen LogP contribution is 2.32. The normalized spacial score (nSPS) is 13.3. The monoisotopic (exact) mass is 332 g/mol. The largest absolute Gasteiger partial charge is 0.462 e. The lowest BCUT2D eigenvalue weighted by molar-refractivity contribution is 0.0526. The van der Waals surface area contributed by atoms with Crippen LogP contribution in [0.3, 0.4) is 0 Å². The Balaban J connectivity index is 0.00000192. The molecule has 0 atom stereocenters. The van der Waals surface area contributed by atoms with Crippen molar-refractivity contribution in [1.82, 2.24) is 9.55 Å². The molecule has 0 saturated carbocycles. The number of nitrogens with zero attached hydrogens (tertiary/aromatic N) is 2. The molecule has 0 aliphatic heterocycles. The van der Waals surface area contributed by atoms with Crippen LogP contribution in [0.5, 0.6) is 0 Å². The molecule has 1 heterocycles. The van der Waals surface area contributed by atoms with Gasteiger partial charge in [-0.3, -0.25) is 0 Å². The number of allylic oxidation sites excluding steroid dienone is 2. The zero-order valence-electron chi connectivity index (χ0n) is 13.4. The molecular weight excluding hydrogens is 312 g/mol. The lowest BCUT2D eigenvalue weighted by Gasteiger charge is -2.22. The van der Waals surface area contributed by atoms with Gasteiger partial charge in [0.1, 0.15) is 0 Å². The minimum Gasteiger partial charge on any atom is -0.462 e. The molecular formula is C18H21ClN2O2. The predicted molar refractivity (Wildman–Crippen MR) is 92.8 cm³/mol. The third kappa shape index (κ3) is 3.64. The van der Waals surface area contributed by atoms with Crippen molar-refractivity contribution in [1.29, 1.82) is 0 Å². The number of aromatic nitrogens is 2. The van der Waals surface area contributed by atoms with E-state index in [1.807, 2.05) is 31.6 Å². The zero-order chi connectivity index (χ0) is 15.5. The zero-order valence-corrected chi connectivity index (χ0v) is 14.2. The third-order valence-corrected chi connectivity index (χ3v) is 4.18. The minimum absolute atomic E-state index is 0. The van der Waals surface area contributed by atoms with Crippen LogP contribution in [0.15, 0.2) is 42.5 Å². The van der Waals surface area contributed by atoms with Crippen LogP contribution in [0.2, 0.25) is 0 Å². The van der Waals surface area contributed by atoms with E-state index in [9.17, 15) is 4.79 Å². The highest BCUT2D eigenvalue weighted by molar-refractivity contribution is 5.91. The fourth-order valence-corrected chi connectivity index (χ4v) is 2.95. The molecule has 0 spiro atoms. The van der Waals surface area contributed by atoms with E-state index >= 15 is 0 Å². The van der Waals surface area contributed by atoms with Gasteiger partial charge in [0.25, 0.3) is 0 Å². The van der Waals surface area contributed by atoms with Crippen molar-refractivity contribution >= 4 is 23.9 Å². The van der Waals surface area contributed by atoms with E-state index in [0.717, 1.165) is 19.4 Å². The van der Waals surface area contributed by atoms with Crippen molar-refractivity contribution in [2.24, 2.45) is 0 Å². The van der Waals surface area contributed by atoms with Gasteiger partial charge in [0.2, 0.25) is 0 Å². The number of benzene rings is 1. The summed E-state index contributed by atoms with van der Waals surface area (Å²) in [4.78, 5) is 16.0. The molecule has 0 bridgehead atoms. The standard InChI is InChI=1S/C18H20N2O2.ClH/c1-3-22-18(21)15-6-4-14-5-7-16(13(2)17(14)10-15)11-20-9-8-19-12-20;/h4,6,8-10,12H,3,5,7,11H2,1-2H3;1H. The Morgan fingerprint density at radius 2 is 2.17 bits per heavy atom. The van der Waals surface area contributed by atoms with Crippen molar-refractivity contribution in [2.75, 3.05) is 6.61 Å². The van der Waals surface area contributed by atoms with Crippen molar-refractivity contribution in [3.8, 4) is 0 Å². The van der Waals surface area contributed by atoms with Gasteiger partial charge in [-0.15, -0.1) is 12.4 Å². The molecule has 1 aliphatic rings. The maximum atomic E-state index is 11.9. The predicted octanol–water partition coefficient (Wildman–Crippen LogP) is 3.90. The van der Waals surface area contributed by atoms with E-state index in [4.69, 9.17) is 4.74 Å². The highest BCUT2D eigenvalue weighted by atomic mass is 35.5. The number of esters is 1. The maximum Gasteiger partial charge on any atom is 0.338 e. The number of carbonyl (C=O) groups is 1. The summed E-state index contributed by atoms with van der Waals surface area (Å²) in [6.45, 7) is 5.22. The first kappa shape index (κ1) is 17.3. The number of imidazole rings is 1. The molecule has 0 amide bonds. The van der Waals surface area contributed by atoms with E-state index in [2.05, 4.69) is 22.5 Å². The van der Waals surface area contributed by atoms with Crippen LogP contribution >= 0.6 is 12.4 Å². The Hall–Kier alpha value is -2.07. The highest BCUT2D eigenvalue weighted by Gasteiger charge is 2.18. The number of fused-ring (bicyclic) bond motifs is 1. The van der Waals surface area contributed by atoms with Crippen LogP contribution in [0.1, 0.15) is 41.8 Å². The minimum atomic E-state index is -0.250. The molecule has 2 aromatic rings. The smallest absolute Gasteiger partial charge is 0.338 e. The van der Waals surface area contributed by atoms with Crippen LogP contribution in [0.25, 0.3) is 5.57 Å². The molecule has 1 aromatic heterocycles. The van der Waals surface area contributed by atoms with E-state index < -0.39 is 0 Å². The fraction of sp³-hybridized carbons (Fsp3) is 0.333. The van der Waals surface area contributed by atoms with Gasteiger partial charge in [-0.2, -0.15) is 0 Å². The molecule has 0 fully saturated rings. The third-order valence-electron chi connectivity index (χ3n) is 4.18. The summed E-state index contributed by atoms with van der Waals surface area (Å²) in [5.74, 6) is -0.250. The van der Waals surface area contributed by atoms with Gasteiger partial charge in [0.15, 0.2) is 0 Å². The molecule has 0 saturated heterocycles. The molecule has 1 aliphatic carbocycles. The first-order chi connectivity index (χ1) is 10.7. The second kappa shape index (κ2) is 7.47. The molecule has 1 aromatic carbocycles. The van der Waals surface area contributed by atoms with Crippen molar-refractivity contribution in [3.63, 3.8) is 0 Å². The van der Waals surface area contributed by atoms with Gasteiger partial charge < -0.3 is 9.30 Å². The van der Waals surface area contributed by atoms with Crippen LogP contribution in [0, 0.1) is 0 Å². The van der Waals surface area contributed by atoms with Crippen molar-refractivity contribution in [3.05, 3.63) is 59.2 Å². The Kier molecular flexibility index (Phi) is 5.61. The van der Waals surface area contributed by atoms with Gasteiger partial charge in [-0.05, 0) is 61.1 Å². The second-order valence-electron chi connectivity index (χ2n) is 5.56. The number of halogens is 1. The molecule has 0 unspecified atom stereocenters. The second-order valence-corrected chi connectivity index (χ2v) is 5.56. The van der Waals surface area contributed by atoms with Crippen LogP contribution in [-0.2, 0) is 17.7 Å². The first-order valence-corrected chi connectivity index (χ1v) is 7.64. The average molecular weight is 333 g/mol. The number of ether oxygens (including phenoxy) is 1. The van der Waals surface area contributed by atoms with Crippen molar-refractivity contribution in [2.45, 2.75) is 33.2 Å².